The zero-order chi connectivity index (χ0) is 56.0. The lowest BCUT2D eigenvalue weighted by atomic mass is 9.75. The van der Waals surface area contributed by atoms with Gasteiger partial charge in [0.2, 0.25) is 10.8 Å². The summed E-state index contributed by atoms with van der Waals surface area (Å²) in [7, 11) is 2.83. The van der Waals surface area contributed by atoms with Gasteiger partial charge in [-0.25, -0.2) is 0 Å². The van der Waals surface area contributed by atoms with E-state index in [9.17, 15) is 21.0 Å². The fourth-order valence-electron chi connectivity index (χ4n) is 9.51. The van der Waals surface area contributed by atoms with Crippen LogP contribution in [0.4, 0.5) is 0 Å². The van der Waals surface area contributed by atoms with Crippen LogP contribution in [-0.4, -0.2) is 38.1 Å². The van der Waals surface area contributed by atoms with Gasteiger partial charge in [0.15, 0.2) is 0 Å². The molecule has 2 aliphatic carbocycles. The van der Waals surface area contributed by atoms with E-state index in [1.165, 1.54) is 26.4 Å². The Morgan fingerprint density at radius 1 is 0.450 bits per heavy atom. The van der Waals surface area contributed by atoms with Gasteiger partial charge in [0, 0.05) is 41.8 Å². The summed E-state index contributed by atoms with van der Waals surface area (Å²) in [6.07, 6.45) is 6.08. The number of carbonyl (C=O) groups excluding carboxylic acids is 4. The van der Waals surface area contributed by atoms with Crippen molar-refractivity contribution in [2.75, 3.05) is 14.2 Å². The monoisotopic (exact) mass is 1130 g/mol. The number of methoxy groups -OCH3 is 2. The van der Waals surface area contributed by atoms with E-state index in [1.807, 2.05) is 48.5 Å². The maximum absolute atomic E-state index is 15.8. The van der Waals surface area contributed by atoms with E-state index in [2.05, 4.69) is 0 Å². The van der Waals surface area contributed by atoms with E-state index in [1.54, 1.807) is 121 Å². The number of benzene rings is 4. The summed E-state index contributed by atoms with van der Waals surface area (Å²) in [4.78, 5) is 65.5. The van der Waals surface area contributed by atoms with Crippen molar-refractivity contribution in [1.29, 1.82) is 21.0 Å². The third kappa shape index (κ3) is 9.74. The average molecular weight is 1130 g/mol. The average Bonchev–Trinajstić information content (AvgIpc) is 4.07. The van der Waals surface area contributed by atoms with Gasteiger partial charge >= 0.3 is 23.9 Å². The summed E-state index contributed by atoms with van der Waals surface area (Å²) in [5, 5.41) is 39.0. The normalized spacial score (nSPS) is 13.1. The molecule has 0 unspecified atom stereocenters. The van der Waals surface area contributed by atoms with Crippen LogP contribution >= 0.6 is 45.3 Å². The molecule has 8 aromatic rings. The number of hydrogen-bond donors (Lipinski definition) is 0. The van der Waals surface area contributed by atoms with Gasteiger partial charge in [-0.1, -0.05) is 121 Å². The second-order valence-electron chi connectivity index (χ2n) is 17.9. The Hall–Kier alpha value is -9.66. The molecule has 0 fully saturated rings. The summed E-state index contributed by atoms with van der Waals surface area (Å²) in [6.45, 7) is -1.03. The third-order valence-corrected chi connectivity index (χ3v) is 17.8. The smallest absolute Gasteiger partial charge is 0.333 e. The largest absolute Gasteiger partial charge is 0.495 e. The molecule has 4 aromatic carbocycles. The number of allylic oxidation sites excluding steroid dienone is 2. The van der Waals surface area contributed by atoms with Crippen molar-refractivity contribution in [2.24, 2.45) is 0 Å². The number of esters is 4. The number of hydrogen-bond acceptors (Lipinski definition) is 18. The quantitative estimate of drug-likeness (QED) is 0.0338. The van der Waals surface area contributed by atoms with Crippen molar-refractivity contribution in [1.82, 2.24) is 0 Å². The highest BCUT2D eigenvalue weighted by Gasteiger charge is 2.64. The minimum absolute atomic E-state index is 0.118. The standard InChI is InChI=1S/C62H40N4O10S4/c1-71-47-25-43(23-41(29-63)30-64)77-53(47)45-27-49-51(61(45,57(67)73-33-37-15-7-3-8-16-37)58(68)74-34-38-17-9-4-10-18-38)55-56(79-49)52-50(80-55)28-46(54-48(72-2)26-44(78-54)24-42(31-65)32-66)62(52,59(69)75-35-39-19-11-5-12-20-39)60(70)76-36-40-21-13-6-14-22-40/h3-28H,33-36H2,1-2H3. The number of nitriles is 4. The maximum Gasteiger partial charge on any atom is 0.333 e. The molecule has 392 valence electrons. The molecule has 18 heteroatoms. The number of nitrogens with zero attached hydrogens (tertiary/aromatic N) is 4. The van der Waals surface area contributed by atoms with Crippen LogP contribution < -0.4 is 9.47 Å². The van der Waals surface area contributed by atoms with Gasteiger partial charge in [-0.2, -0.15) is 21.0 Å². The number of thiophene rings is 4. The van der Waals surface area contributed by atoms with Crippen molar-refractivity contribution in [3.8, 4) is 35.8 Å². The van der Waals surface area contributed by atoms with Crippen molar-refractivity contribution in [3.05, 3.63) is 207 Å². The van der Waals surface area contributed by atoms with Gasteiger partial charge in [0.05, 0.1) is 33.4 Å². The Labute approximate surface area is 474 Å². The highest BCUT2D eigenvalue weighted by Crippen LogP contribution is 2.64. The highest BCUT2D eigenvalue weighted by molar-refractivity contribution is 7.30. The zero-order valence-electron chi connectivity index (χ0n) is 42.3. The molecule has 0 aliphatic heterocycles. The van der Waals surface area contributed by atoms with E-state index in [4.69, 9.17) is 28.4 Å². The van der Waals surface area contributed by atoms with E-state index >= 15 is 19.2 Å². The first-order chi connectivity index (χ1) is 39.0. The van der Waals surface area contributed by atoms with E-state index in [0.717, 1.165) is 45.3 Å². The predicted molar refractivity (Wildman–Crippen MR) is 304 cm³/mol. The Balaban J connectivity index is 1.26. The lowest BCUT2D eigenvalue weighted by molar-refractivity contribution is -0.165. The fourth-order valence-corrected chi connectivity index (χ4v) is 14.8. The molecule has 10 rings (SSSR count). The molecule has 4 heterocycles. The van der Waals surface area contributed by atoms with Gasteiger partial charge in [-0.15, -0.1) is 45.3 Å². The van der Waals surface area contributed by atoms with Gasteiger partial charge in [-0.05, 0) is 58.7 Å². The fraction of sp³-hybridized carbons (Fsp3) is 0.129. The molecule has 80 heavy (non-hydrogen) atoms. The van der Waals surface area contributed by atoms with Gasteiger partial charge in [0.1, 0.15) is 73.3 Å². The Kier molecular flexibility index (Phi) is 15.5. The van der Waals surface area contributed by atoms with Crippen LogP contribution in [-0.2, 0) is 75.4 Å². The molecule has 14 nitrogen and oxygen atoms in total. The molecule has 4 aromatic heterocycles. The first kappa shape index (κ1) is 53.7. The van der Waals surface area contributed by atoms with Crippen molar-refractivity contribution >= 4 is 114 Å². The minimum atomic E-state index is -2.43. The predicted octanol–water partition coefficient (Wildman–Crippen LogP) is 12.5. The van der Waals surface area contributed by atoms with E-state index in [0.29, 0.717) is 60.9 Å². The number of rotatable bonds is 18. The third-order valence-electron chi connectivity index (χ3n) is 13.2. The molecule has 0 atom stereocenters. The van der Waals surface area contributed by atoms with Crippen LogP contribution in [0.5, 0.6) is 11.5 Å². The zero-order valence-corrected chi connectivity index (χ0v) is 45.6. The molecule has 0 saturated heterocycles. The molecule has 0 N–H and O–H groups in total. The van der Waals surface area contributed by atoms with Crippen LogP contribution in [0.1, 0.15) is 62.6 Å². The second kappa shape index (κ2) is 23.1. The van der Waals surface area contributed by atoms with Gasteiger partial charge in [-0.3, -0.25) is 19.2 Å². The lowest BCUT2D eigenvalue weighted by Gasteiger charge is -2.30. The molecule has 0 radical (unpaired) electrons. The lowest BCUT2D eigenvalue weighted by Crippen LogP contribution is -2.46. The van der Waals surface area contributed by atoms with E-state index in [-0.39, 0.29) is 71.3 Å². The first-order valence-corrected chi connectivity index (χ1v) is 27.6. The molecular formula is C62H40N4O10S4. The first-order valence-electron chi connectivity index (χ1n) is 24.3. The summed E-state index contributed by atoms with van der Waals surface area (Å²) < 4.78 is 37.6. The van der Waals surface area contributed by atoms with Crippen molar-refractivity contribution < 1.29 is 47.6 Å². The summed E-state index contributed by atoms with van der Waals surface area (Å²) in [5.74, 6) is -3.61. The SMILES string of the molecule is COc1cc(C=C(C#N)C#N)sc1C1=Cc2sc3c4c(sc3c2C1(C(=O)OCc1ccccc1)C(=O)OCc1ccccc1)C=C(c1sc(C=C(C#N)C#N)cc1OC)C4(C(=O)OCc1ccccc1)C(=O)OCc1ccccc1. The minimum Gasteiger partial charge on any atom is -0.495 e. The van der Waals surface area contributed by atoms with Crippen LogP contribution in [0.15, 0.2) is 145 Å². The molecule has 0 amide bonds. The molecule has 2 aliphatic rings. The maximum atomic E-state index is 15.8. The van der Waals surface area contributed by atoms with E-state index < -0.39 is 34.7 Å². The van der Waals surface area contributed by atoms with Gasteiger partial charge in [0.25, 0.3) is 0 Å². The van der Waals surface area contributed by atoms with Crippen LogP contribution in [0, 0.1) is 45.3 Å². The van der Waals surface area contributed by atoms with Gasteiger partial charge < -0.3 is 28.4 Å². The van der Waals surface area contributed by atoms with Crippen LogP contribution in [0.25, 0.3) is 44.9 Å². The second-order valence-corrected chi connectivity index (χ2v) is 22.1. The number of ether oxygens (including phenoxy) is 6. The number of fused-ring (bicyclic) bond motifs is 5. The Bertz CT molecular complexity index is 3660. The van der Waals surface area contributed by atoms with Crippen molar-refractivity contribution in [2.45, 2.75) is 37.3 Å². The number of carbonyl (C=O) groups is 4. The summed E-state index contributed by atoms with van der Waals surface area (Å²) in [6, 6.07) is 46.4. The summed E-state index contributed by atoms with van der Waals surface area (Å²) >= 11 is 4.38. The summed E-state index contributed by atoms with van der Waals surface area (Å²) in [5.41, 5.74) is -2.24. The molecular weight excluding hydrogens is 1090 g/mol. The van der Waals surface area contributed by atoms with Crippen molar-refractivity contribution in [3.63, 3.8) is 0 Å². The van der Waals surface area contributed by atoms with Crippen LogP contribution in [0.3, 0.4) is 0 Å². The molecule has 0 saturated carbocycles. The van der Waals surface area contributed by atoms with Crippen LogP contribution in [0.2, 0.25) is 0 Å². The Morgan fingerprint density at radius 2 is 0.738 bits per heavy atom. The topological polar surface area (TPSA) is 219 Å². The molecule has 0 bridgehead atoms. The highest BCUT2D eigenvalue weighted by atomic mass is 32.1. The Morgan fingerprint density at radius 3 is 1.00 bits per heavy atom. The molecule has 0 spiro atoms.